The van der Waals surface area contributed by atoms with Crippen molar-refractivity contribution in [3.63, 3.8) is 0 Å². The maximum Gasteiger partial charge on any atom is 0 e. The van der Waals surface area contributed by atoms with Crippen LogP contribution in [0.4, 0.5) is 0 Å². The van der Waals surface area contributed by atoms with E-state index in [-0.39, 0.29) is 32.7 Å². The summed E-state index contributed by atoms with van der Waals surface area (Å²) in [5.74, 6) is 3.16. The SMILES string of the molecule is CC(C)CCC/C=C\CCCC(C)C.CCC.CCC.[CH2-]/C=C/CCCC(C)C.[CH2-]C(C)C.[Y]. The third-order valence-electron chi connectivity index (χ3n) is 3.79. The van der Waals surface area contributed by atoms with Crippen LogP contribution in [0.15, 0.2) is 24.3 Å². The van der Waals surface area contributed by atoms with E-state index < -0.39 is 0 Å². The molecule has 0 aromatic rings. The van der Waals surface area contributed by atoms with Crippen LogP contribution in [0.1, 0.15) is 154 Å². The van der Waals surface area contributed by atoms with Crippen molar-refractivity contribution in [1.82, 2.24) is 0 Å². The maximum atomic E-state index is 3.64. The number of hydrogen-bond donors (Lipinski definition) is 0. The second-order valence-corrected chi connectivity index (χ2v) is 10.7. The van der Waals surface area contributed by atoms with E-state index in [2.05, 4.69) is 115 Å². The fraction of sp³-hybridized carbons (Fsp3) is 0.818. The van der Waals surface area contributed by atoms with Crippen LogP contribution in [-0.2, 0) is 32.7 Å². The van der Waals surface area contributed by atoms with E-state index in [1.807, 2.05) is 6.08 Å². The largest absolute Gasteiger partial charge is 0.341 e. The average Bonchev–Trinajstić information content (AvgIpc) is 2.68. The number of hydrogen-bond acceptors (Lipinski definition) is 0. The molecule has 0 aliphatic rings. The summed E-state index contributed by atoms with van der Waals surface area (Å²) in [5.41, 5.74) is 0. The van der Waals surface area contributed by atoms with Crippen LogP contribution in [0.2, 0.25) is 0 Å². The molecule has 0 aromatic heterocycles. The van der Waals surface area contributed by atoms with Crippen molar-refractivity contribution >= 4 is 0 Å². The minimum Gasteiger partial charge on any atom is -0.341 e. The van der Waals surface area contributed by atoms with Gasteiger partial charge in [0.2, 0.25) is 0 Å². The van der Waals surface area contributed by atoms with Gasteiger partial charge >= 0.3 is 0 Å². The van der Waals surface area contributed by atoms with Gasteiger partial charge in [0.25, 0.3) is 0 Å². The first kappa shape index (κ1) is 47.6. The average molecular weight is 556 g/mol. The zero-order valence-corrected chi connectivity index (χ0v) is 29.2. The summed E-state index contributed by atoms with van der Waals surface area (Å²) in [6.45, 7) is 33.6. The number of allylic oxidation sites excluding steroid dienone is 4. The smallest absolute Gasteiger partial charge is 0 e. The summed E-state index contributed by atoms with van der Waals surface area (Å²) in [4.78, 5) is 0. The molecule has 0 heterocycles. The Morgan fingerprint density at radius 1 is 0.529 bits per heavy atom. The van der Waals surface area contributed by atoms with Crippen molar-refractivity contribution in [3.05, 3.63) is 38.2 Å². The summed E-state index contributed by atoms with van der Waals surface area (Å²) in [6.07, 6.45) is 23.1. The maximum absolute atomic E-state index is 3.64. The third-order valence-corrected chi connectivity index (χ3v) is 3.79. The van der Waals surface area contributed by atoms with E-state index in [4.69, 9.17) is 0 Å². The fourth-order valence-electron chi connectivity index (χ4n) is 2.29. The molecule has 0 saturated heterocycles. The van der Waals surface area contributed by atoms with Crippen LogP contribution in [0.3, 0.4) is 0 Å². The molecule has 207 valence electrons. The van der Waals surface area contributed by atoms with Gasteiger partial charge in [-0.3, -0.25) is 0 Å². The van der Waals surface area contributed by atoms with Gasteiger partial charge in [-0.1, -0.05) is 134 Å². The van der Waals surface area contributed by atoms with Gasteiger partial charge in [0.05, 0.1) is 0 Å². The molecule has 0 aliphatic carbocycles. The number of unbranched alkanes of at least 4 members (excludes halogenated alkanes) is 3. The molecule has 0 nitrogen and oxygen atoms in total. The summed E-state index contributed by atoms with van der Waals surface area (Å²) in [6, 6.07) is 0. The van der Waals surface area contributed by atoms with Crippen molar-refractivity contribution in [2.75, 3.05) is 0 Å². The fourth-order valence-corrected chi connectivity index (χ4v) is 2.29. The van der Waals surface area contributed by atoms with Crippen LogP contribution >= 0.6 is 0 Å². The van der Waals surface area contributed by atoms with Gasteiger partial charge in [0.15, 0.2) is 0 Å². The normalized spacial score (nSPS) is 10.1. The standard InChI is InChI=1S/C14H28.C9H17.C4H9.2C3H8.Y/c1-13(2)11-9-7-5-6-8-10-12-14(3)4;1-4-5-6-7-8-9(2)3;1-4(2)3;2*1-3-2;/h5-6,13-14H,7-12H2,1-4H3;4-5,9H,1,6-8H2,2-3H3;4H,1H2,2-3H3;2*3H2,1-2H3;/q;2*-1;;;/b6-5-;5-4+;;;;. The predicted molar refractivity (Wildman–Crippen MR) is 162 cm³/mol. The van der Waals surface area contributed by atoms with E-state index >= 15 is 0 Å². The van der Waals surface area contributed by atoms with E-state index in [1.165, 1.54) is 70.6 Å². The molecule has 1 radical (unpaired) electrons. The molecule has 0 aromatic carbocycles. The Labute approximate surface area is 246 Å². The Balaban J connectivity index is -0.0000000839. The van der Waals surface area contributed by atoms with Gasteiger partial charge in [-0.15, -0.1) is 6.42 Å². The van der Waals surface area contributed by atoms with Crippen molar-refractivity contribution < 1.29 is 32.7 Å². The molecule has 0 saturated carbocycles. The van der Waals surface area contributed by atoms with Gasteiger partial charge in [-0.05, 0) is 43.4 Å². The topological polar surface area (TPSA) is 0 Å². The summed E-state index contributed by atoms with van der Waals surface area (Å²) >= 11 is 0. The molecule has 0 rings (SSSR count). The minimum atomic E-state index is 0. The summed E-state index contributed by atoms with van der Waals surface area (Å²) < 4.78 is 0. The molecule has 34 heavy (non-hydrogen) atoms. The van der Waals surface area contributed by atoms with Crippen LogP contribution in [0, 0.1) is 37.5 Å². The first-order valence-corrected chi connectivity index (χ1v) is 14.4. The predicted octanol–water partition coefficient (Wildman–Crippen LogP) is 12.7. The molecular weight excluding hydrogens is 485 g/mol. The summed E-state index contributed by atoms with van der Waals surface area (Å²) in [7, 11) is 0. The van der Waals surface area contributed by atoms with Gasteiger partial charge in [0.1, 0.15) is 0 Å². The van der Waals surface area contributed by atoms with Gasteiger partial charge in [0, 0.05) is 32.7 Å². The second kappa shape index (κ2) is 46.7. The molecular formula is C33H70Y-2. The molecule has 0 aliphatic heterocycles. The molecule has 0 spiro atoms. The Morgan fingerprint density at radius 3 is 0.912 bits per heavy atom. The summed E-state index contributed by atoms with van der Waals surface area (Å²) in [5, 5.41) is 0. The van der Waals surface area contributed by atoms with Gasteiger partial charge in [-0.2, -0.15) is 5.92 Å². The molecule has 0 fully saturated rings. The van der Waals surface area contributed by atoms with Gasteiger partial charge < -0.3 is 6.92 Å². The Morgan fingerprint density at radius 2 is 0.735 bits per heavy atom. The Bertz CT molecular complexity index is 303. The van der Waals surface area contributed by atoms with Crippen molar-refractivity contribution in [3.8, 4) is 0 Å². The quantitative estimate of drug-likeness (QED) is 0.128. The molecule has 0 amide bonds. The second-order valence-electron chi connectivity index (χ2n) is 10.7. The molecule has 1 heteroatoms. The van der Waals surface area contributed by atoms with E-state index in [9.17, 15) is 0 Å². The zero-order chi connectivity index (χ0) is 26.9. The van der Waals surface area contributed by atoms with E-state index in [0.29, 0.717) is 5.92 Å². The number of rotatable bonds is 12. The molecule has 0 bridgehead atoms. The monoisotopic (exact) mass is 555 g/mol. The van der Waals surface area contributed by atoms with Crippen LogP contribution in [0.5, 0.6) is 0 Å². The van der Waals surface area contributed by atoms with E-state index in [0.717, 1.165) is 17.8 Å². The molecule has 0 N–H and O–H groups in total. The van der Waals surface area contributed by atoms with Gasteiger partial charge in [-0.25, -0.2) is 19.1 Å². The Kier molecular flexibility index (Phi) is 65.5. The van der Waals surface area contributed by atoms with Crippen LogP contribution in [0.25, 0.3) is 0 Å². The molecule has 0 atom stereocenters. The van der Waals surface area contributed by atoms with Crippen LogP contribution < -0.4 is 0 Å². The van der Waals surface area contributed by atoms with Crippen LogP contribution in [-0.4, -0.2) is 0 Å². The van der Waals surface area contributed by atoms with Crippen molar-refractivity contribution in [1.29, 1.82) is 0 Å². The zero-order valence-electron chi connectivity index (χ0n) is 26.4. The third kappa shape index (κ3) is 105. The van der Waals surface area contributed by atoms with Crippen molar-refractivity contribution in [2.45, 2.75) is 154 Å². The Hall–Kier alpha value is 0.454. The first-order chi connectivity index (χ1) is 15.5. The minimum absolute atomic E-state index is 0. The van der Waals surface area contributed by atoms with Crippen molar-refractivity contribution in [2.24, 2.45) is 23.7 Å². The van der Waals surface area contributed by atoms with E-state index in [1.54, 1.807) is 0 Å². The molecule has 0 unspecified atom stereocenters. The first-order valence-electron chi connectivity index (χ1n) is 14.4.